The molecule has 0 aliphatic heterocycles. The molecule has 0 aliphatic carbocycles. The number of nitrogens with zero attached hydrogens (tertiary/aromatic N) is 2. The monoisotopic (exact) mass is 472 g/mol. The summed E-state index contributed by atoms with van der Waals surface area (Å²) in [7, 11) is -4.14. The zero-order chi connectivity index (χ0) is 23.2. The smallest absolute Gasteiger partial charge is 0.408 e. The van der Waals surface area contributed by atoms with E-state index in [0.29, 0.717) is 22.0 Å². The van der Waals surface area contributed by atoms with Crippen molar-refractivity contribution in [3.63, 3.8) is 0 Å². The van der Waals surface area contributed by atoms with Crippen LogP contribution < -0.4 is 10.1 Å². The van der Waals surface area contributed by atoms with E-state index in [1.54, 1.807) is 38.1 Å². The zero-order valence-electron chi connectivity index (χ0n) is 17.6. The maximum Gasteiger partial charge on any atom is 0.408 e. The van der Waals surface area contributed by atoms with Gasteiger partial charge in [0, 0.05) is 10.6 Å². The van der Waals surface area contributed by atoms with Gasteiger partial charge < -0.3 is 14.8 Å². The van der Waals surface area contributed by atoms with Crippen molar-refractivity contribution < 1.29 is 27.5 Å². The molecule has 0 saturated carbocycles. The first-order valence-electron chi connectivity index (χ1n) is 9.56. The molecule has 0 fully saturated rings. The number of hydrogen-bond donors (Lipinski definition) is 2. The number of halogens is 1. The van der Waals surface area contributed by atoms with Gasteiger partial charge in [0.2, 0.25) is 5.82 Å². The van der Waals surface area contributed by atoms with Crippen molar-refractivity contribution >= 4 is 33.7 Å². The number of carbonyl (C=O) groups is 2. The number of esters is 1. The molecule has 0 unspecified atom stereocenters. The minimum absolute atomic E-state index is 0.0795. The maximum atomic E-state index is 12.7. The average molecular weight is 473 g/mol. The third-order valence-corrected chi connectivity index (χ3v) is 5.18. The molecular weight excluding hydrogens is 448 g/mol. The Labute approximate surface area is 185 Å². The second-order valence-electron chi connectivity index (χ2n) is 6.63. The fourth-order valence-electron chi connectivity index (χ4n) is 2.65. The van der Waals surface area contributed by atoms with Crippen molar-refractivity contribution in [3.05, 3.63) is 40.8 Å². The summed E-state index contributed by atoms with van der Waals surface area (Å²) in [5.41, 5.74) is 1.41. The highest BCUT2D eigenvalue weighted by molar-refractivity contribution is 7.92. The fourth-order valence-corrected chi connectivity index (χ4v) is 3.61. The lowest BCUT2D eigenvalue weighted by Gasteiger charge is -2.16. The van der Waals surface area contributed by atoms with E-state index in [-0.39, 0.29) is 25.0 Å². The lowest BCUT2D eigenvalue weighted by Crippen LogP contribution is -2.37. The molecule has 0 radical (unpaired) electrons. The average Bonchev–Trinajstić information content (AvgIpc) is 3.06. The molecule has 2 N–H and O–H groups in total. The van der Waals surface area contributed by atoms with Gasteiger partial charge >= 0.3 is 12.1 Å². The van der Waals surface area contributed by atoms with Crippen LogP contribution >= 0.6 is 11.6 Å². The molecule has 2 rings (SSSR count). The molecule has 31 heavy (non-hydrogen) atoms. The van der Waals surface area contributed by atoms with Crippen LogP contribution in [0.1, 0.15) is 49.9 Å². The highest BCUT2D eigenvalue weighted by Gasteiger charge is 2.28. The van der Waals surface area contributed by atoms with Gasteiger partial charge in [0.05, 0.1) is 24.6 Å². The van der Waals surface area contributed by atoms with Crippen LogP contribution in [0.15, 0.2) is 24.3 Å². The lowest BCUT2D eigenvalue weighted by atomic mass is 10.0. The number of carbonyl (C=O) groups excluding carboxylic acids is 2. The number of nitrogens with one attached hydrogen (secondary N) is 2. The Kier molecular flexibility index (Phi) is 8.28. The number of alkyl carbamates (subject to hydrolysis) is 1. The van der Waals surface area contributed by atoms with E-state index in [4.69, 9.17) is 16.3 Å². The minimum atomic E-state index is -4.14. The second kappa shape index (κ2) is 10.5. The third-order valence-electron chi connectivity index (χ3n) is 3.94. The van der Waals surface area contributed by atoms with E-state index in [1.807, 2.05) is 13.8 Å². The summed E-state index contributed by atoms with van der Waals surface area (Å²) in [5.74, 6) is -1.97. The Bertz CT molecular complexity index is 1030. The van der Waals surface area contributed by atoms with Gasteiger partial charge in [-0.15, -0.1) is 0 Å². The van der Waals surface area contributed by atoms with Gasteiger partial charge in [-0.3, -0.25) is 0 Å². The Hall–Kier alpha value is -2.79. The van der Waals surface area contributed by atoms with E-state index >= 15 is 0 Å². The minimum Gasteiger partial charge on any atom is -0.460 e. The molecule has 0 spiro atoms. The number of sulfonamides is 1. The van der Waals surface area contributed by atoms with Crippen LogP contribution in [0.25, 0.3) is 11.3 Å². The topological polar surface area (TPSA) is 129 Å². The number of aromatic nitrogens is 2. The van der Waals surface area contributed by atoms with Gasteiger partial charge in [-0.25, -0.2) is 32.5 Å². The predicted octanol–water partition coefficient (Wildman–Crippen LogP) is 3.08. The Morgan fingerprint density at radius 2 is 1.74 bits per heavy atom. The molecule has 1 amide bonds. The molecule has 0 aliphatic rings. The molecule has 1 heterocycles. The van der Waals surface area contributed by atoms with Crippen molar-refractivity contribution in [1.82, 2.24) is 15.0 Å². The number of amides is 1. The van der Waals surface area contributed by atoms with E-state index in [9.17, 15) is 18.0 Å². The van der Waals surface area contributed by atoms with Crippen LogP contribution in [0, 0.1) is 0 Å². The molecule has 0 saturated heterocycles. The van der Waals surface area contributed by atoms with Gasteiger partial charge in [0.25, 0.3) is 10.0 Å². The second-order valence-corrected chi connectivity index (χ2v) is 8.77. The number of benzene rings is 1. The summed E-state index contributed by atoms with van der Waals surface area (Å²) >= 11 is 5.98. The van der Waals surface area contributed by atoms with Crippen LogP contribution in [-0.2, 0) is 19.5 Å². The standard InChI is InChI=1S/C19H25ClN4O6S/c1-5-29-18(25)17-22-15(12(3)4)16(13-7-9-14(20)10-8-13)24(17)23-31(27,28)11-21-19(26)30-6-2/h7-10,12,23H,5-6,11H2,1-4H3,(H,21,26). The van der Waals surface area contributed by atoms with Crippen molar-refractivity contribution in [2.24, 2.45) is 0 Å². The Balaban J connectivity index is 2.57. The maximum absolute atomic E-state index is 12.7. The van der Waals surface area contributed by atoms with E-state index in [1.165, 1.54) is 0 Å². The highest BCUT2D eigenvalue weighted by atomic mass is 35.5. The summed E-state index contributed by atoms with van der Waals surface area (Å²) in [6.45, 7) is 7.11. The Morgan fingerprint density at radius 1 is 1.13 bits per heavy atom. The quantitative estimate of drug-likeness (QED) is 0.536. The van der Waals surface area contributed by atoms with Crippen molar-refractivity contribution in [3.8, 4) is 11.3 Å². The summed E-state index contributed by atoms with van der Waals surface area (Å²) < 4.78 is 36.1. The molecule has 170 valence electrons. The first-order chi connectivity index (χ1) is 14.6. The largest absolute Gasteiger partial charge is 0.460 e. The van der Waals surface area contributed by atoms with Crippen LogP contribution in [0.2, 0.25) is 5.02 Å². The van der Waals surface area contributed by atoms with E-state index in [0.717, 1.165) is 4.68 Å². The summed E-state index contributed by atoms with van der Waals surface area (Å²) in [4.78, 5) is 30.7. The molecule has 1 aromatic carbocycles. The molecule has 2 aromatic rings. The van der Waals surface area contributed by atoms with Crippen LogP contribution in [-0.4, -0.2) is 49.2 Å². The van der Waals surface area contributed by atoms with E-state index in [2.05, 4.69) is 19.9 Å². The summed E-state index contributed by atoms with van der Waals surface area (Å²) in [6, 6.07) is 6.64. The fraction of sp³-hybridized carbons (Fsp3) is 0.421. The molecule has 10 nitrogen and oxygen atoms in total. The molecular formula is C19H25ClN4O6S. The predicted molar refractivity (Wildman–Crippen MR) is 116 cm³/mol. The van der Waals surface area contributed by atoms with Gasteiger partial charge in [-0.1, -0.05) is 37.6 Å². The number of ether oxygens (including phenoxy) is 2. The van der Waals surface area contributed by atoms with Crippen molar-refractivity contribution in [2.75, 3.05) is 23.9 Å². The SMILES string of the molecule is CCOC(=O)NCS(=O)(=O)Nn1c(C(=O)OCC)nc(C(C)C)c1-c1ccc(Cl)cc1. The van der Waals surface area contributed by atoms with Crippen molar-refractivity contribution in [2.45, 2.75) is 33.6 Å². The first-order valence-corrected chi connectivity index (χ1v) is 11.6. The normalized spacial score (nSPS) is 11.3. The van der Waals surface area contributed by atoms with Gasteiger partial charge in [-0.2, -0.15) is 0 Å². The molecule has 12 heteroatoms. The number of rotatable bonds is 9. The van der Waals surface area contributed by atoms with Crippen LogP contribution in [0.3, 0.4) is 0 Å². The summed E-state index contributed by atoms with van der Waals surface area (Å²) in [6.07, 6.45) is -0.884. The Morgan fingerprint density at radius 3 is 2.29 bits per heavy atom. The summed E-state index contributed by atoms with van der Waals surface area (Å²) in [5, 5.41) is 2.63. The number of imidazole rings is 1. The molecule has 1 aromatic heterocycles. The van der Waals surface area contributed by atoms with Crippen LogP contribution in [0.4, 0.5) is 4.79 Å². The first kappa shape index (κ1) is 24.5. The van der Waals surface area contributed by atoms with Gasteiger partial charge in [0.1, 0.15) is 5.88 Å². The van der Waals surface area contributed by atoms with E-state index < -0.39 is 28.0 Å². The van der Waals surface area contributed by atoms with Crippen molar-refractivity contribution in [1.29, 1.82) is 0 Å². The van der Waals surface area contributed by atoms with Crippen LogP contribution in [0.5, 0.6) is 0 Å². The zero-order valence-corrected chi connectivity index (χ0v) is 19.2. The molecule has 0 atom stereocenters. The lowest BCUT2D eigenvalue weighted by molar-refractivity contribution is 0.0509. The van der Waals surface area contributed by atoms with Gasteiger partial charge in [-0.05, 0) is 31.9 Å². The highest BCUT2D eigenvalue weighted by Crippen LogP contribution is 2.31. The molecule has 0 bridgehead atoms. The van der Waals surface area contributed by atoms with Gasteiger partial charge in [0.15, 0.2) is 0 Å². The number of hydrogen-bond acceptors (Lipinski definition) is 7. The third kappa shape index (κ3) is 6.34.